The minimum atomic E-state index is -0.539. The Bertz CT molecular complexity index is 1080. The predicted molar refractivity (Wildman–Crippen MR) is 120 cm³/mol. The Balaban J connectivity index is 1.87. The Hall–Kier alpha value is -2.88. The van der Waals surface area contributed by atoms with Crippen LogP contribution in [0, 0.1) is 0 Å². The Morgan fingerprint density at radius 2 is 1.80 bits per heavy atom. The van der Waals surface area contributed by atoms with Crippen molar-refractivity contribution in [2.75, 3.05) is 0 Å². The summed E-state index contributed by atoms with van der Waals surface area (Å²) in [6.45, 7) is 5.61. The van der Waals surface area contributed by atoms with Crippen LogP contribution in [0.4, 0.5) is 0 Å². The highest BCUT2D eigenvalue weighted by molar-refractivity contribution is 5.99. The van der Waals surface area contributed by atoms with E-state index in [9.17, 15) is 9.59 Å². The largest absolute Gasteiger partial charge is 0.456 e. The summed E-state index contributed by atoms with van der Waals surface area (Å²) in [5.74, 6) is 0.127. The second kappa shape index (κ2) is 8.10. The molecule has 0 atom stereocenters. The first-order valence-electron chi connectivity index (χ1n) is 10.8. The summed E-state index contributed by atoms with van der Waals surface area (Å²) >= 11 is 0. The van der Waals surface area contributed by atoms with E-state index >= 15 is 0 Å². The van der Waals surface area contributed by atoms with Gasteiger partial charge in [0.05, 0.1) is 11.3 Å². The first kappa shape index (κ1) is 20.4. The van der Waals surface area contributed by atoms with Gasteiger partial charge in [-0.15, -0.1) is 0 Å². The molecule has 0 saturated heterocycles. The molecule has 0 unspecified atom stereocenters. The van der Waals surface area contributed by atoms with E-state index in [-0.39, 0.29) is 5.97 Å². The second-order valence-corrected chi connectivity index (χ2v) is 9.22. The van der Waals surface area contributed by atoms with Gasteiger partial charge in [-0.05, 0) is 57.2 Å². The van der Waals surface area contributed by atoms with Crippen molar-refractivity contribution in [2.45, 2.75) is 64.4 Å². The van der Waals surface area contributed by atoms with Crippen LogP contribution in [0.15, 0.2) is 42.5 Å². The third-order valence-electron chi connectivity index (χ3n) is 5.84. The molecule has 0 amide bonds. The zero-order valence-corrected chi connectivity index (χ0v) is 18.0. The molecule has 1 aliphatic rings. The first-order chi connectivity index (χ1) is 14.4. The number of carbonyl (C=O) groups is 2. The van der Waals surface area contributed by atoms with E-state index in [4.69, 9.17) is 4.74 Å². The van der Waals surface area contributed by atoms with Gasteiger partial charge in [-0.25, -0.2) is 4.79 Å². The average molecular weight is 404 g/mol. The number of rotatable bonds is 4. The second-order valence-electron chi connectivity index (χ2n) is 9.22. The number of hydrogen-bond acceptors (Lipinski definition) is 3. The van der Waals surface area contributed by atoms with Crippen molar-refractivity contribution in [1.29, 1.82) is 0 Å². The van der Waals surface area contributed by atoms with Crippen LogP contribution >= 0.6 is 0 Å². The van der Waals surface area contributed by atoms with Crippen molar-refractivity contribution >= 4 is 23.2 Å². The Kier molecular flexibility index (Phi) is 5.50. The number of nitrogens with one attached hydrogen (secondary N) is 1. The van der Waals surface area contributed by atoms with E-state index < -0.39 is 5.60 Å². The lowest BCUT2D eigenvalue weighted by molar-refractivity contribution is 0.00696. The van der Waals surface area contributed by atoms with Gasteiger partial charge in [-0.3, -0.25) is 4.79 Å². The van der Waals surface area contributed by atoms with E-state index in [1.54, 1.807) is 0 Å². The van der Waals surface area contributed by atoms with Crippen LogP contribution in [-0.4, -0.2) is 22.8 Å². The number of H-pyrrole nitrogens is 1. The van der Waals surface area contributed by atoms with Gasteiger partial charge in [0.2, 0.25) is 0 Å². The zero-order valence-electron chi connectivity index (χ0n) is 18.0. The predicted octanol–water partition coefficient (Wildman–Crippen LogP) is 6.65. The number of aldehydes is 1. The van der Waals surface area contributed by atoms with E-state index in [0.717, 1.165) is 41.3 Å². The van der Waals surface area contributed by atoms with Crippen LogP contribution in [0.1, 0.15) is 85.1 Å². The molecule has 0 radical (unpaired) electrons. The summed E-state index contributed by atoms with van der Waals surface area (Å²) in [4.78, 5) is 27.8. The molecule has 1 aliphatic carbocycles. The highest BCUT2D eigenvalue weighted by Gasteiger charge is 2.25. The Morgan fingerprint density at radius 3 is 2.50 bits per heavy atom. The summed E-state index contributed by atoms with van der Waals surface area (Å²) in [5, 5.41) is 1.13. The lowest BCUT2D eigenvalue weighted by Crippen LogP contribution is -2.23. The molecule has 0 aliphatic heterocycles. The number of aromatic nitrogens is 1. The summed E-state index contributed by atoms with van der Waals surface area (Å²) in [7, 11) is 0. The monoisotopic (exact) mass is 403 g/mol. The van der Waals surface area contributed by atoms with E-state index in [2.05, 4.69) is 4.98 Å². The summed E-state index contributed by atoms with van der Waals surface area (Å²) in [6, 6.07) is 13.5. The van der Waals surface area contributed by atoms with E-state index in [1.807, 2.05) is 63.2 Å². The van der Waals surface area contributed by atoms with Gasteiger partial charge in [0.25, 0.3) is 0 Å². The molecule has 1 heterocycles. The van der Waals surface area contributed by atoms with Crippen molar-refractivity contribution in [3.05, 3.63) is 59.2 Å². The van der Waals surface area contributed by atoms with Crippen LogP contribution in [0.2, 0.25) is 0 Å². The first-order valence-corrected chi connectivity index (χ1v) is 10.8. The Labute approximate surface area is 177 Å². The van der Waals surface area contributed by atoms with Gasteiger partial charge >= 0.3 is 5.97 Å². The number of benzene rings is 2. The number of hydrogen-bond donors (Lipinski definition) is 1. The maximum atomic E-state index is 12.6. The maximum absolute atomic E-state index is 12.6. The number of aromatic amines is 1. The van der Waals surface area contributed by atoms with Crippen molar-refractivity contribution in [1.82, 2.24) is 4.98 Å². The van der Waals surface area contributed by atoms with Crippen molar-refractivity contribution in [3.63, 3.8) is 0 Å². The van der Waals surface area contributed by atoms with E-state index in [0.29, 0.717) is 17.0 Å². The molecule has 30 heavy (non-hydrogen) atoms. The molecule has 4 rings (SSSR count). The van der Waals surface area contributed by atoms with Gasteiger partial charge in [-0.1, -0.05) is 49.6 Å². The molecule has 1 N–H and O–H groups in total. The lowest BCUT2D eigenvalue weighted by atomic mass is 9.81. The highest BCUT2D eigenvalue weighted by Crippen LogP contribution is 2.43. The molecule has 0 spiro atoms. The zero-order chi connectivity index (χ0) is 21.3. The minimum Gasteiger partial charge on any atom is -0.456 e. The average Bonchev–Trinajstić information content (AvgIpc) is 3.11. The number of ether oxygens (including phenoxy) is 1. The molecule has 4 nitrogen and oxygen atoms in total. The molecule has 2 aromatic carbocycles. The molecule has 156 valence electrons. The van der Waals surface area contributed by atoms with Gasteiger partial charge < -0.3 is 9.72 Å². The van der Waals surface area contributed by atoms with Crippen molar-refractivity contribution < 1.29 is 14.3 Å². The molecule has 1 saturated carbocycles. The standard InChI is InChI=1S/C26H29NO3/c1-26(2,3)30-25(29)18-13-14-21-22(15-18)27-24(20-12-8-7-11-19(20)16-28)23(21)17-9-5-4-6-10-17/h7-8,11-17,27H,4-6,9-10H2,1-3H3. The van der Waals surface area contributed by atoms with Gasteiger partial charge in [0.15, 0.2) is 6.29 Å². The summed E-state index contributed by atoms with van der Waals surface area (Å²) in [5.41, 5.74) is 4.77. The smallest absolute Gasteiger partial charge is 0.338 e. The SMILES string of the molecule is CC(C)(C)OC(=O)c1ccc2c(C3CCCCC3)c(-c3ccccc3C=O)[nH]c2c1. The fraction of sp³-hybridized carbons (Fsp3) is 0.385. The quantitative estimate of drug-likeness (QED) is 0.392. The number of fused-ring (bicyclic) bond motifs is 1. The summed E-state index contributed by atoms with van der Waals surface area (Å²) in [6.07, 6.45) is 6.94. The molecule has 0 bridgehead atoms. The topological polar surface area (TPSA) is 59.2 Å². The van der Waals surface area contributed by atoms with E-state index in [1.165, 1.54) is 24.8 Å². The van der Waals surface area contributed by atoms with Gasteiger partial charge in [0, 0.05) is 22.0 Å². The van der Waals surface area contributed by atoms with Gasteiger partial charge in [-0.2, -0.15) is 0 Å². The lowest BCUT2D eigenvalue weighted by Gasteiger charge is -2.23. The molecule has 4 heteroatoms. The highest BCUT2D eigenvalue weighted by atomic mass is 16.6. The minimum absolute atomic E-state index is 0.326. The number of esters is 1. The molecule has 1 fully saturated rings. The van der Waals surface area contributed by atoms with Crippen LogP contribution in [0.5, 0.6) is 0 Å². The normalized spacial score (nSPS) is 15.3. The molecule has 1 aromatic heterocycles. The fourth-order valence-corrected chi connectivity index (χ4v) is 4.54. The van der Waals surface area contributed by atoms with Crippen LogP contribution in [0.3, 0.4) is 0 Å². The third kappa shape index (κ3) is 4.04. The molecular formula is C26H29NO3. The summed E-state index contributed by atoms with van der Waals surface area (Å²) < 4.78 is 5.55. The van der Waals surface area contributed by atoms with Crippen molar-refractivity contribution in [2.24, 2.45) is 0 Å². The fourth-order valence-electron chi connectivity index (χ4n) is 4.54. The van der Waals surface area contributed by atoms with Gasteiger partial charge in [0.1, 0.15) is 5.60 Å². The molecular weight excluding hydrogens is 374 g/mol. The molecule has 3 aromatic rings. The van der Waals surface area contributed by atoms with Crippen LogP contribution < -0.4 is 0 Å². The third-order valence-corrected chi connectivity index (χ3v) is 5.84. The maximum Gasteiger partial charge on any atom is 0.338 e. The van der Waals surface area contributed by atoms with Crippen molar-refractivity contribution in [3.8, 4) is 11.3 Å². The van der Waals surface area contributed by atoms with Crippen LogP contribution in [-0.2, 0) is 4.74 Å². The number of carbonyl (C=O) groups excluding carboxylic acids is 2. The van der Waals surface area contributed by atoms with Crippen LogP contribution in [0.25, 0.3) is 22.2 Å². The Morgan fingerprint density at radius 1 is 1.07 bits per heavy atom.